The second-order valence-electron chi connectivity index (χ2n) is 6.16. The first-order chi connectivity index (χ1) is 8.80. The van der Waals surface area contributed by atoms with Crippen molar-refractivity contribution in [1.82, 2.24) is 0 Å². The van der Waals surface area contributed by atoms with Crippen LogP contribution in [0.1, 0.15) is 44.5 Å². The molecule has 1 nitrogen and oxygen atoms in total. The van der Waals surface area contributed by atoms with E-state index in [-0.39, 0.29) is 11.2 Å². The molecule has 1 atom stereocenters. The van der Waals surface area contributed by atoms with Crippen molar-refractivity contribution in [1.29, 1.82) is 0 Å². The minimum absolute atomic E-state index is 0.169. The molecule has 0 N–H and O–H groups in total. The summed E-state index contributed by atoms with van der Waals surface area (Å²) in [7, 11) is 0. The Labute approximate surface area is 127 Å². The zero-order chi connectivity index (χ0) is 14.2. The standard InChI is InChI=1S/C16H19BrOS/c1-10(16(2,3)4)8-14(18)12-9-19-15-11(12)6-5-7-13(15)17/h5-7,9-10H,8H2,1-4H3. The van der Waals surface area contributed by atoms with Crippen molar-refractivity contribution in [2.24, 2.45) is 11.3 Å². The maximum atomic E-state index is 12.5. The maximum absolute atomic E-state index is 12.5. The van der Waals surface area contributed by atoms with Crippen LogP contribution in [-0.2, 0) is 0 Å². The van der Waals surface area contributed by atoms with E-state index in [1.807, 2.05) is 23.6 Å². The third-order valence-corrected chi connectivity index (χ3v) is 5.77. The van der Waals surface area contributed by atoms with Crippen LogP contribution >= 0.6 is 27.3 Å². The molecule has 0 aliphatic carbocycles. The number of carbonyl (C=O) groups is 1. The van der Waals surface area contributed by atoms with Gasteiger partial charge in [0.15, 0.2) is 5.78 Å². The van der Waals surface area contributed by atoms with Crippen molar-refractivity contribution in [3.8, 4) is 0 Å². The lowest BCUT2D eigenvalue weighted by Crippen LogP contribution is -2.20. The molecule has 102 valence electrons. The summed E-state index contributed by atoms with van der Waals surface area (Å²) in [5.41, 5.74) is 1.04. The zero-order valence-corrected chi connectivity index (χ0v) is 14.2. The molecule has 1 aromatic carbocycles. The highest BCUT2D eigenvalue weighted by Gasteiger charge is 2.24. The van der Waals surface area contributed by atoms with Crippen molar-refractivity contribution in [3.05, 3.63) is 33.6 Å². The highest BCUT2D eigenvalue weighted by Crippen LogP contribution is 2.35. The fourth-order valence-corrected chi connectivity index (χ4v) is 3.56. The van der Waals surface area contributed by atoms with Crippen molar-refractivity contribution in [3.63, 3.8) is 0 Å². The molecule has 19 heavy (non-hydrogen) atoms. The van der Waals surface area contributed by atoms with Gasteiger partial charge in [-0.3, -0.25) is 4.79 Å². The van der Waals surface area contributed by atoms with Gasteiger partial charge in [-0.25, -0.2) is 0 Å². The topological polar surface area (TPSA) is 17.1 Å². The molecule has 0 aliphatic rings. The molecule has 0 radical (unpaired) electrons. The highest BCUT2D eigenvalue weighted by molar-refractivity contribution is 9.10. The summed E-state index contributed by atoms with van der Waals surface area (Å²) >= 11 is 5.18. The summed E-state index contributed by atoms with van der Waals surface area (Å²) in [5.74, 6) is 0.633. The van der Waals surface area contributed by atoms with E-state index in [1.165, 1.54) is 0 Å². The van der Waals surface area contributed by atoms with Gasteiger partial charge in [0.05, 0.1) is 0 Å². The summed E-state index contributed by atoms with van der Waals surface area (Å²) in [6, 6.07) is 6.04. The van der Waals surface area contributed by atoms with Gasteiger partial charge in [0, 0.05) is 31.9 Å². The van der Waals surface area contributed by atoms with Crippen LogP contribution in [0.25, 0.3) is 10.1 Å². The third-order valence-electron chi connectivity index (χ3n) is 3.82. The average molecular weight is 339 g/mol. The number of hydrogen-bond acceptors (Lipinski definition) is 2. The van der Waals surface area contributed by atoms with Crippen LogP contribution in [0, 0.1) is 11.3 Å². The number of thiophene rings is 1. The molecule has 2 rings (SSSR count). The number of carbonyl (C=O) groups excluding carboxylic acids is 1. The van der Waals surface area contributed by atoms with E-state index < -0.39 is 0 Å². The summed E-state index contributed by atoms with van der Waals surface area (Å²) in [6.45, 7) is 8.72. The van der Waals surface area contributed by atoms with Gasteiger partial charge >= 0.3 is 0 Å². The van der Waals surface area contributed by atoms with E-state index in [9.17, 15) is 4.79 Å². The van der Waals surface area contributed by atoms with E-state index in [2.05, 4.69) is 43.6 Å². The molecule has 0 saturated heterocycles. The Morgan fingerprint density at radius 1 is 1.37 bits per heavy atom. The number of hydrogen-bond donors (Lipinski definition) is 0. The van der Waals surface area contributed by atoms with Crippen LogP contribution in [0.5, 0.6) is 0 Å². The summed E-state index contributed by atoms with van der Waals surface area (Å²) in [5, 5.41) is 3.07. The molecule has 1 heterocycles. The predicted octanol–water partition coefficient (Wildman–Crippen LogP) is 5.92. The molecular formula is C16H19BrOS. The maximum Gasteiger partial charge on any atom is 0.164 e. The van der Waals surface area contributed by atoms with E-state index in [0.29, 0.717) is 12.3 Å². The molecular weight excluding hydrogens is 320 g/mol. The molecule has 0 saturated carbocycles. The Morgan fingerprint density at radius 2 is 2.05 bits per heavy atom. The predicted molar refractivity (Wildman–Crippen MR) is 87.1 cm³/mol. The molecule has 3 heteroatoms. The molecule has 1 aromatic heterocycles. The lowest BCUT2D eigenvalue weighted by Gasteiger charge is -2.26. The van der Waals surface area contributed by atoms with E-state index in [0.717, 1.165) is 20.1 Å². The SMILES string of the molecule is CC(CC(=O)c1csc2c(Br)cccc12)C(C)(C)C. The van der Waals surface area contributed by atoms with E-state index >= 15 is 0 Å². The first-order valence-corrected chi connectivity index (χ1v) is 8.17. The Kier molecular flexibility index (Phi) is 4.17. The van der Waals surface area contributed by atoms with E-state index in [1.54, 1.807) is 11.3 Å². The smallest absolute Gasteiger partial charge is 0.164 e. The number of fused-ring (bicyclic) bond motifs is 1. The highest BCUT2D eigenvalue weighted by atomic mass is 79.9. The van der Waals surface area contributed by atoms with E-state index in [4.69, 9.17) is 0 Å². The van der Waals surface area contributed by atoms with Crippen molar-refractivity contribution in [2.75, 3.05) is 0 Å². The van der Waals surface area contributed by atoms with Gasteiger partial charge in [0.25, 0.3) is 0 Å². The molecule has 0 spiro atoms. The monoisotopic (exact) mass is 338 g/mol. The molecule has 0 fully saturated rings. The molecule has 0 aliphatic heterocycles. The van der Waals surface area contributed by atoms with Crippen molar-refractivity contribution >= 4 is 43.1 Å². The average Bonchev–Trinajstić information content (AvgIpc) is 2.72. The van der Waals surface area contributed by atoms with Gasteiger partial charge in [-0.15, -0.1) is 11.3 Å². The minimum atomic E-state index is 0.169. The zero-order valence-electron chi connectivity index (χ0n) is 11.8. The fraction of sp³-hybridized carbons (Fsp3) is 0.438. The molecule has 0 amide bonds. The molecule has 0 bridgehead atoms. The summed E-state index contributed by atoms with van der Waals surface area (Å²) in [6.07, 6.45) is 0.613. The van der Waals surface area contributed by atoms with Crippen molar-refractivity contribution in [2.45, 2.75) is 34.1 Å². The Balaban J connectivity index is 2.30. The van der Waals surface area contributed by atoms with Crippen LogP contribution in [0.3, 0.4) is 0 Å². The van der Waals surface area contributed by atoms with Crippen molar-refractivity contribution < 1.29 is 4.79 Å². The lowest BCUT2D eigenvalue weighted by molar-refractivity contribution is 0.0929. The quantitative estimate of drug-likeness (QED) is 0.635. The number of benzene rings is 1. The number of halogens is 1. The van der Waals surface area contributed by atoms with Crippen LogP contribution < -0.4 is 0 Å². The van der Waals surface area contributed by atoms with Gasteiger partial charge in [-0.1, -0.05) is 39.8 Å². The Morgan fingerprint density at radius 3 is 2.68 bits per heavy atom. The summed E-state index contributed by atoms with van der Waals surface area (Å²) in [4.78, 5) is 12.5. The second kappa shape index (κ2) is 5.37. The van der Waals surface area contributed by atoms with Crippen LogP contribution in [0.2, 0.25) is 0 Å². The van der Waals surface area contributed by atoms with Crippen LogP contribution in [-0.4, -0.2) is 5.78 Å². The Bertz CT molecular complexity index is 607. The van der Waals surface area contributed by atoms with Gasteiger partial charge in [-0.05, 0) is 33.3 Å². The molecule has 2 aromatic rings. The normalized spacial score (nSPS) is 13.7. The minimum Gasteiger partial charge on any atom is -0.294 e. The van der Waals surface area contributed by atoms with Gasteiger partial charge in [-0.2, -0.15) is 0 Å². The number of Topliss-reactive ketones (excluding diaryl/α,β-unsaturated/α-hetero) is 1. The third kappa shape index (κ3) is 3.09. The van der Waals surface area contributed by atoms with Gasteiger partial charge in [0.2, 0.25) is 0 Å². The second-order valence-corrected chi connectivity index (χ2v) is 7.89. The number of rotatable bonds is 3. The van der Waals surface area contributed by atoms with Crippen LogP contribution in [0.4, 0.5) is 0 Å². The molecule has 1 unspecified atom stereocenters. The van der Waals surface area contributed by atoms with Crippen LogP contribution in [0.15, 0.2) is 28.1 Å². The summed E-state index contributed by atoms with van der Waals surface area (Å²) < 4.78 is 2.23. The largest absolute Gasteiger partial charge is 0.294 e. The van der Waals surface area contributed by atoms with Gasteiger partial charge < -0.3 is 0 Å². The lowest BCUT2D eigenvalue weighted by atomic mass is 9.78. The first kappa shape index (κ1) is 14.7. The van der Waals surface area contributed by atoms with Gasteiger partial charge in [0.1, 0.15) is 0 Å². The Hall–Kier alpha value is -0.670. The first-order valence-electron chi connectivity index (χ1n) is 6.49. The number of ketones is 1. The fourth-order valence-electron chi connectivity index (χ4n) is 1.93.